The minimum Gasteiger partial charge on any atom is -0.393 e. The van der Waals surface area contributed by atoms with Gasteiger partial charge in [0.05, 0.1) is 25.4 Å². The van der Waals surface area contributed by atoms with Gasteiger partial charge in [-0.15, -0.1) is 0 Å². The maximum absolute atomic E-state index is 9.42. The molecule has 0 radical (unpaired) electrons. The van der Waals surface area contributed by atoms with Gasteiger partial charge in [0, 0.05) is 12.5 Å². The molecule has 2 aliphatic heterocycles. The summed E-state index contributed by atoms with van der Waals surface area (Å²) in [5, 5.41) is 9.42. The molecule has 58 valence electrons. The summed E-state index contributed by atoms with van der Waals surface area (Å²) in [7, 11) is 0. The van der Waals surface area contributed by atoms with Crippen LogP contribution in [0, 0.1) is 5.92 Å². The first-order valence-corrected chi connectivity index (χ1v) is 3.75. The lowest BCUT2D eigenvalue weighted by atomic mass is 9.95. The van der Waals surface area contributed by atoms with Gasteiger partial charge in [0.25, 0.3) is 0 Å². The van der Waals surface area contributed by atoms with Gasteiger partial charge in [-0.2, -0.15) is 0 Å². The Kier molecular flexibility index (Phi) is 1.64. The average Bonchev–Trinajstić information content (AvgIpc) is 2.36. The minimum absolute atomic E-state index is 0.170. The Balaban J connectivity index is 2.03. The molecule has 1 N–H and O–H groups in total. The van der Waals surface area contributed by atoms with Crippen LogP contribution in [0.1, 0.15) is 6.42 Å². The monoisotopic (exact) mass is 144 g/mol. The highest BCUT2D eigenvalue weighted by Gasteiger charge is 2.37. The fourth-order valence-corrected chi connectivity index (χ4v) is 1.64. The smallest absolute Gasteiger partial charge is 0.0883 e. The van der Waals surface area contributed by atoms with Crippen molar-refractivity contribution >= 4 is 0 Å². The summed E-state index contributed by atoms with van der Waals surface area (Å²) < 4.78 is 10.6. The molecular weight excluding hydrogens is 132 g/mol. The number of hydrogen-bond donors (Lipinski definition) is 1. The van der Waals surface area contributed by atoms with Crippen LogP contribution in [0.3, 0.4) is 0 Å². The largest absolute Gasteiger partial charge is 0.393 e. The summed E-state index contributed by atoms with van der Waals surface area (Å²) in [5.41, 5.74) is 0. The molecule has 0 aliphatic carbocycles. The van der Waals surface area contributed by atoms with E-state index >= 15 is 0 Å². The van der Waals surface area contributed by atoms with E-state index < -0.39 is 0 Å². The summed E-state index contributed by atoms with van der Waals surface area (Å²) in [5.74, 6) is 0.244. The van der Waals surface area contributed by atoms with E-state index in [1.54, 1.807) is 0 Å². The van der Waals surface area contributed by atoms with E-state index in [0.717, 1.165) is 6.42 Å². The predicted octanol–water partition coefficient (Wildman–Crippen LogP) is -0.217. The number of ether oxygens (including phenoxy) is 2. The number of rotatable bonds is 0. The second-order valence-corrected chi connectivity index (χ2v) is 2.97. The maximum atomic E-state index is 9.42. The maximum Gasteiger partial charge on any atom is 0.0883 e. The minimum atomic E-state index is -0.193. The van der Waals surface area contributed by atoms with Gasteiger partial charge in [0.15, 0.2) is 0 Å². The highest BCUT2D eigenvalue weighted by Crippen LogP contribution is 2.26. The molecule has 0 saturated carbocycles. The fourth-order valence-electron chi connectivity index (χ4n) is 1.64. The van der Waals surface area contributed by atoms with Gasteiger partial charge in [-0.25, -0.2) is 0 Å². The molecule has 2 aliphatic rings. The SMILES string of the molecule is OC1CCOC2COCC12. The molecule has 3 unspecified atom stereocenters. The van der Waals surface area contributed by atoms with E-state index in [2.05, 4.69) is 0 Å². The summed E-state index contributed by atoms with van der Waals surface area (Å²) in [6.07, 6.45) is 0.745. The third-order valence-electron chi connectivity index (χ3n) is 2.31. The normalized spacial score (nSPS) is 47.1. The van der Waals surface area contributed by atoms with Gasteiger partial charge in [-0.3, -0.25) is 0 Å². The van der Waals surface area contributed by atoms with Crippen LogP contribution in [0.5, 0.6) is 0 Å². The standard InChI is InChI=1S/C7H12O3/c8-6-1-2-10-7-4-9-3-5(6)7/h5-8H,1-4H2. The van der Waals surface area contributed by atoms with Crippen LogP contribution in [0.4, 0.5) is 0 Å². The first-order chi connectivity index (χ1) is 4.88. The van der Waals surface area contributed by atoms with Crippen LogP contribution < -0.4 is 0 Å². The molecule has 0 amide bonds. The van der Waals surface area contributed by atoms with Crippen LogP contribution in [0.25, 0.3) is 0 Å². The molecule has 0 aromatic heterocycles. The predicted molar refractivity (Wildman–Crippen MR) is 34.7 cm³/mol. The van der Waals surface area contributed by atoms with Crippen molar-refractivity contribution in [3.05, 3.63) is 0 Å². The van der Waals surface area contributed by atoms with Crippen molar-refractivity contribution in [2.45, 2.75) is 18.6 Å². The van der Waals surface area contributed by atoms with E-state index in [4.69, 9.17) is 9.47 Å². The molecule has 3 heteroatoms. The van der Waals surface area contributed by atoms with Gasteiger partial charge in [-0.05, 0) is 6.42 Å². The Labute approximate surface area is 59.9 Å². The van der Waals surface area contributed by atoms with E-state index in [1.165, 1.54) is 0 Å². The van der Waals surface area contributed by atoms with Gasteiger partial charge in [-0.1, -0.05) is 0 Å². The third kappa shape index (κ3) is 0.944. The first kappa shape index (κ1) is 6.58. The number of fused-ring (bicyclic) bond motifs is 1. The van der Waals surface area contributed by atoms with E-state index in [-0.39, 0.29) is 18.1 Å². The molecule has 2 rings (SSSR count). The van der Waals surface area contributed by atoms with Crippen LogP contribution >= 0.6 is 0 Å². The molecule has 3 nitrogen and oxygen atoms in total. The van der Waals surface area contributed by atoms with Crippen LogP contribution in [0.2, 0.25) is 0 Å². The third-order valence-corrected chi connectivity index (χ3v) is 2.31. The summed E-state index contributed by atoms with van der Waals surface area (Å²) in [4.78, 5) is 0. The second-order valence-electron chi connectivity index (χ2n) is 2.97. The van der Waals surface area contributed by atoms with Crippen molar-refractivity contribution in [3.8, 4) is 0 Å². The Hall–Kier alpha value is -0.120. The Morgan fingerprint density at radius 2 is 2.20 bits per heavy atom. The van der Waals surface area contributed by atoms with Gasteiger partial charge < -0.3 is 14.6 Å². The van der Waals surface area contributed by atoms with Crippen molar-refractivity contribution < 1.29 is 14.6 Å². The molecule has 2 fully saturated rings. The van der Waals surface area contributed by atoms with E-state index in [9.17, 15) is 5.11 Å². The average molecular weight is 144 g/mol. The van der Waals surface area contributed by atoms with Crippen LogP contribution in [-0.4, -0.2) is 37.1 Å². The molecule has 0 aromatic rings. The van der Waals surface area contributed by atoms with Gasteiger partial charge in [0.2, 0.25) is 0 Å². The van der Waals surface area contributed by atoms with Crippen molar-refractivity contribution in [1.29, 1.82) is 0 Å². The lowest BCUT2D eigenvalue weighted by Crippen LogP contribution is -2.38. The van der Waals surface area contributed by atoms with Crippen molar-refractivity contribution in [1.82, 2.24) is 0 Å². The zero-order chi connectivity index (χ0) is 6.97. The lowest BCUT2D eigenvalue weighted by molar-refractivity contribution is -0.0685. The highest BCUT2D eigenvalue weighted by molar-refractivity contribution is 4.84. The van der Waals surface area contributed by atoms with Crippen molar-refractivity contribution in [3.63, 3.8) is 0 Å². The van der Waals surface area contributed by atoms with Crippen LogP contribution in [-0.2, 0) is 9.47 Å². The quantitative estimate of drug-likeness (QED) is 0.511. The molecule has 2 saturated heterocycles. The number of hydrogen-bond acceptors (Lipinski definition) is 3. The topological polar surface area (TPSA) is 38.7 Å². The highest BCUT2D eigenvalue weighted by atomic mass is 16.5. The van der Waals surface area contributed by atoms with E-state index in [1.807, 2.05) is 0 Å². The summed E-state index contributed by atoms with van der Waals surface area (Å²) in [6.45, 7) is 2.03. The Morgan fingerprint density at radius 1 is 1.30 bits per heavy atom. The number of aliphatic hydroxyl groups excluding tert-OH is 1. The first-order valence-electron chi connectivity index (χ1n) is 3.75. The van der Waals surface area contributed by atoms with Gasteiger partial charge >= 0.3 is 0 Å². The van der Waals surface area contributed by atoms with E-state index in [0.29, 0.717) is 19.8 Å². The second kappa shape index (κ2) is 2.49. The zero-order valence-corrected chi connectivity index (χ0v) is 5.82. The van der Waals surface area contributed by atoms with Crippen molar-refractivity contribution in [2.75, 3.05) is 19.8 Å². The molecular formula is C7H12O3. The van der Waals surface area contributed by atoms with Crippen molar-refractivity contribution in [2.24, 2.45) is 5.92 Å². The fraction of sp³-hybridized carbons (Fsp3) is 1.00. The lowest BCUT2D eigenvalue weighted by Gasteiger charge is -2.28. The van der Waals surface area contributed by atoms with Gasteiger partial charge in [0.1, 0.15) is 0 Å². The molecule has 0 aromatic carbocycles. The molecule has 0 spiro atoms. The molecule has 2 heterocycles. The summed E-state index contributed by atoms with van der Waals surface area (Å²) >= 11 is 0. The number of aliphatic hydroxyl groups is 1. The van der Waals surface area contributed by atoms with Crippen LogP contribution in [0.15, 0.2) is 0 Å². The Morgan fingerprint density at radius 3 is 3.00 bits per heavy atom. The molecule has 10 heavy (non-hydrogen) atoms. The zero-order valence-electron chi connectivity index (χ0n) is 5.82. The Bertz CT molecular complexity index is 126. The molecule has 3 atom stereocenters. The molecule has 0 bridgehead atoms. The summed E-state index contributed by atoms with van der Waals surface area (Å²) in [6, 6.07) is 0.